The van der Waals surface area contributed by atoms with Crippen molar-refractivity contribution in [2.24, 2.45) is 0 Å². The first-order chi connectivity index (χ1) is 7.74. The molecule has 0 radical (unpaired) electrons. The molecule has 88 valence electrons. The lowest BCUT2D eigenvalue weighted by Crippen LogP contribution is -2.29. The smallest absolute Gasteiger partial charge is 0.126 e. The lowest BCUT2D eigenvalue weighted by molar-refractivity contribution is 0.389. The Morgan fingerprint density at radius 2 is 2.25 bits per heavy atom. The zero-order valence-corrected chi connectivity index (χ0v) is 9.85. The van der Waals surface area contributed by atoms with Gasteiger partial charge in [0.15, 0.2) is 0 Å². The predicted octanol–water partition coefficient (Wildman–Crippen LogP) is 2.61. The van der Waals surface area contributed by atoms with E-state index in [0.717, 1.165) is 42.8 Å². The third-order valence-electron chi connectivity index (χ3n) is 3.33. The van der Waals surface area contributed by atoms with Crippen LogP contribution in [-0.2, 0) is 0 Å². The fraction of sp³-hybridized carbons (Fsp3) is 0.538. The highest BCUT2D eigenvalue weighted by molar-refractivity contribution is 5.43. The van der Waals surface area contributed by atoms with Gasteiger partial charge in [-0.15, -0.1) is 0 Å². The predicted molar refractivity (Wildman–Crippen MR) is 62.5 cm³/mol. The van der Waals surface area contributed by atoms with Crippen LogP contribution < -0.4 is 10.1 Å². The van der Waals surface area contributed by atoms with Crippen LogP contribution in [-0.4, -0.2) is 20.2 Å². The van der Waals surface area contributed by atoms with Gasteiger partial charge < -0.3 is 10.1 Å². The maximum Gasteiger partial charge on any atom is 0.126 e. The summed E-state index contributed by atoms with van der Waals surface area (Å²) in [4.78, 5) is 0. The van der Waals surface area contributed by atoms with E-state index in [-0.39, 0.29) is 5.82 Å². The van der Waals surface area contributed by atoms with Gasteiger partial charge in [-0.2, -0.15) is 0 Å². The molecule has 1 aliphatic heterocycles. The van der Waals surface area contributed by atoms with Gasteiger partial charge in [0.05, 0.1) is 7.11 Å². The van der Waals surface area contributed by atoms with Crippen LogP contribution in [0.5, 0.6) is 5.75 Å². The molecule has 2 nitrogen and oxygen atoms in total. The summed E-state index contributed by atoms with van der Waals surface area (Å²) in [7, 11) is 1.65. The minimum Gasteiger partial charge on any atom is -0.496 e. The summed E-state index contributed by atoms with van der Waals surface area (Å²) in [6.45, 7) is 3.82. The molecule has 1 aromatic carbocycles. The minimum atomic E-state index is -0.138. The number of hydrogen-bond acceptors (Lipinski definition) is 2. The second-order valence-corrected chi connectivity index (χ2v) is 4.33. The lowest BCUT2D eigenvalue weighted by atomic mass is 9.88. The number of ether oxygens (including phenoxy) is 1. The Labute approximate surface area is 95.8 Å². The molecule has 1 aliphatic rings. The number of nitrogens with one attached hydrogen (secondary N) is 1. The number of benzene rings is 1. The van der Waals surface area contributed by atoms with E-state index in [9.17, 15) is 4.39 Å². The Morgan fingerprint density at radius 3 is 2.88 bits per heavy atom. The third kappa shape index (κ3) is 2.05. The number of halogens is 1. The summed E-state index contributed by atoms with van der Waals surface area (Å²) in [5, 5.41) is 3.35. The molecule has 0 bridgehead atoms. The molecular formula is C13H18FNO. The summed E-state index contributed by atoms with van der Waals surface area (Å²) in [6, 6.07) is 3.21. The highest BCUT2D eigenvalue weighted by Crippen LogP contribution is 2.34. The normalized spacial score (nSPS) is 20.8. The SMILES string of the molecule is COc1ccc(F)c(C)c1C1CCCNC1. The Bertz CT molecular complexity index is 372. The van der Waals surface area contributed by atoms with Gasteiger partial charge in [0, 0.05) is 18.0 Å². The van der Waals surface area contributed by atoms with Gasteiger partial charge in [0.1, 0.15) is 11.6 Å². The van der Waals surface area contributed by atoms with E-state index in [1.54, 1.807) is 13.2 Å². The molecule has 0 saturated carbocycles. The molecule has 0 aliphatic carbocycles. The van der Waals surface area contributed by atoms with Gasteiger partial charge >= 0.3 is 0 Å². The summed E-state index contributed by atoms with van der Waals surface area (Å²) in [5.74, 6) is 1.05. The molecule has 1 N–H and O–H groups in total. The molecule has 0 amide bonds. The number of methoxy groups -OCH3 is 1. The fourth-order valence-corrected chi connectivity index (χ4v) is 2.46. The van der Waals surface area contributed by atoms with Gasteiger partial charge in [-0.25, -0.2) is 4.39 Å². The van der Waals surface area contributed by atoms with Crippen molar-refractivity contribution >= 4 is 0 Å². The first kappa shape index (κ1) is 11.4. The van der Waals surface area contributed by atoms with Crippen molar-refractivity contribution in [2.75, 3.05) is 20.2 Å². The second-order valence-electron chi connectivity index (χ2n) is 4.33. The van der Waals surface area contributed by atoms with Crippen LogP contribution >= 0.6 is 0 Å². The second kappa shape index (κ2) is 4.83. The third-order valence-corrected chi connectivity index (χ3v) is 3.33. The van der Waals surface area contributed by atoms with E-state index in [1.165, 1.54) is 6.07 Å². The van der Waals surface area contributed by atoms with Gasteiger partial charge in [-0.1, -0.05) is 0 Å². The largest absolute Gasteiger partial charge is 0.496 e. The van der Waals surface area contributed by atoms with Crippen molar-refractivity contribution in [1.29, 1.82) is 0 Å². The molecule has 1 saturated heterocycles. The standard InChI is InChI=1S/C13H18FNO/c1-9-11(14)5-6-12(16-2)13(9)10-4-3-7-15-8-10/h5-6,10,15H,3-4,7-8H2,1-2H3. The molecule has 0 spiro atoms. The van der Waals surface area contributed by atoms with E-state index in [4.69, 9.17) is 4.74 Å². The topological polar surface area (TPSA) is 21.3 Å². The molecule has 1 fully saturated rings. The maximum absolute atomic E-state index is 13.6. The van der Waals surface area contributed by atoms with Crippen LogP contribution in [0.3, 0.4) is 0 Å². The van der Waals surface area contributed by atoms with Crippen molar-refractivity contribution in [3.8, 4) is 5.75 Å². The molecule has 2 rings (SSSR count). The van der Waals surface area contributed by atoms with Crippen LogP contribution in [0.25, 0.3) is 0 Å². The van der Waals surface area contributed by atoms with Crippen LogP contribution in [0.4, 0.5) is 4.39 Å². The summed E-state index contributed by atoms with van der Waals surface area (Å²) in [6.07, 6.45) is 2.25. The number of piperidine rings is 1. The summed E-state index contributed by atoms with van der Waals surface area (Å²) >= 11 is 0. The molecule has 16 heavy (non-hydrogen) atoms. The number of hydrogen-bond donors (Lipinski definition) is 1. The Hall–Kier alpha value is -1.09. The van der Waals surface area contributed by atoms with Crippen molar-refractivity contribution < 1.29 is 9.13 Å². The van der Waals surface area contributed by atoms with E-state index < -0.39 is 0 Å². The van der Waals surface area contributed by atoms with Gasteiger partial charge in [0.2, 0.25) is 0 Å². The van der Waals surface area contributed by atoms with E-state index in [0.29, 0.717) is 5.92 Å². The zero-order chi connectivity index (χ0) is 11.5. The van der Waals surface area contributed by atoms with E-state index >= 15 is 0 Å². The fourth-order valence-electron chi connectivity index (χ4n) is 2.46. The highest BCUT2D eigenvalue weighted by Gasteiger charge is 2.22. The first-order valence-corrected chi connectivity index (χ1v) is 5.77. The van der Waals surface area contributed by atoms with Crippen molar-refractivity contribution in [2.45, 2.75) is 25.7 Å². The highest BCUT2D eigenvalue weighted by atomic mass is 19.1. The Balaban J connectivity index is 2.39. The monoisotopic (exact) mass is 223 g/mol. The van der Waals surface area contributed by atoms with Crippen LogP contribution in [0, 0.1) is 12.7 Å². The van der Waals surface area contributed by atoms with E-state index in [2.05, 4.69) is 5.32 Å². The summed E-state index contributed by atoms with van der Waals surface area (Å²) < 4.78 is 18.9. The Kier molecular flexibility index (Phi) is 3.44. The molecule has 3 heteroatoms. The van der Waals surface area contributed by atoms with Crippen molar-refractivity contribution in [3.63, 3.8) is 0 Å². The van der Waals surface area contributed by atoms with E-state index in [1.807, 2.05) is 6.92 Å². The van der Waals surface area contributed by atoms with Gasteiger partial charge in [-0.3, -0.25) is 0 Å². The lowest BCUT2D eigenvalue weighted by Gasteiger charge is -2.26. The van der Waals surface area contributed by atoms with Gasteiger partial charge in [-0.05, 0) is 44.0 Å². The van der Waals surface area contributed by atoms with Crippen LogP contribution in [0.2, 0.25) is 0 Å². The minimum absolute atomic E-state index is 0.138. The average Bonchev–Trinajstić information content (AvgIpc) is 2.33. The van der Waals surface area contributed by atoms with Crippen molar-refractivity contribution in [3.05, 3.63) is 29.1 Å². The molecule has 1 aromatic rings. The molecule has 1 atom stereocenters. The van der Waals surface area contributed by atoms with Gasteiger partial charge in [0.25, 0.3) is 0 Å². The zero-order valence-electron chi connectivity index (χ0n) is 9.85. The summed E-state index contributed by atoms with van der Waals surface area (Å²) in [5.41, 5.74) is 1.77. The quantitative estimate of drug-likeness (QED) is 0.832. The average molecular weight is 223 g/mol. The first-order valence-electron chi connectivity index (χ1n) is 5.77. The maximum atomic E-state index is 13.6. The molecular weight excluding hydrogens is 205 g/mol. The van der Waals surface area contributed by atoms with Crippen LogP contribution in [0.15, 0.2) is 12.1 Å². The van der Waals surface area contributed by atoms with Crippen LogP contribution in [0.1, 0.15) is 29.9 Å². The van der Waals surface area contributed by atoms with Crippen molar-refractivity contribution in [1.82, 2.24) is 5.32 Å². The molecule has 1 unspecified atom stereocenters. The molecule has 1 heterocycles. The number of rotatable bonds is 2. The Morgan fingerprint density at radius 1 is 1.44 bits per heavy atom. The molecule has 0 aromatic heterocycles.